The van der Waals surface area contributed by atoms with Gasteiger partial charge in [-0.1, -0.05) is 12.1 Å². The summed E-state index contributed by atoms with van der Waals surface area (Å²) in [4.78, 5) is 0. The van der Waals surface area contributed by atoms with E-state index < -0.39 is 0 Å². The van der Waals surface area contributed by atoms with Gasteiger partial charge in [0.2, 0.25) is 5.75 Å². The summed E-state index contributed by atoms with van der Waals surface area (Å²) in [5.41, 5.74) is 3.28. The summed E-state index contributed by atoms with van der Waals surface area (Å²) in [5, 5.41) is 19.9. The maximum absolute atomic E-state index is 10.1. The molecule has 2 aromatic rings. The summed E-state index contributed by atoms with van der Waals surface area (Å²) in [6.07, 6.45) is 0. The Balaban J connectivity index is 2.29. The zero-order valence-corrected chi connectivity index (χ0v) is 10.0. The minimum absolute atomic E-state index is 0.0514. The lowest BCUT2D eigenvalue weighted by Crippen LogP contribution is -2.03. The van der Waals surface area contributed by atoms with Crippen molar-refractivity contribution in [2.45, 2.75) is 0 Å². The van der Waals surface area contributed by atoms with Crippen molar-refractivity contribution in [3.8, 4) is 45.3 Å². The third-order valence-electron chi connectivity index (χ3n) is 3.23. The highest BCUT2D eigenvalue weighted by Gasteiger charge is 2.32. The van der Waals surface area contributed by atoms with Crippen molar-refractivity contribution in [2.24, 2.45) is 0 Å². The van der Waals surface area contributed by atoms with Crippen LogP contribution in [0.1, 0.15) is 0 Å². The van der Waals surface area contributed by atoms with Gasteiger partial charge in [-0.15, -0.1) is 0 Å². The van der Waals surface area contributed by atoms with Crippen molar-refractivity contribution in [2.75, 3.05) is 14.2 Å². The standard InChI is InChI=1S/C14H12O4/c1-17-10-5-3-4-7-8-6-9(15)14(18-2)13(16)12(8)11(7)10/h3-6,15-16H,1-2H3. The molecule has 1 aliphatic carbocycles. The third-order valence-corrected chi connectivity index (χ3v) is 3.23. The van der Waals surface area contributed by atoms with Gasteiger partial charge in [0.25, 0.3) is 0 Å². The van der Waals surface area contributed by atoms with Gasteiger partial charge in [-0.25, -0.2) is 0 Å². The summed E-state index contributed by atoms with van der Waals surface area (Å²) in [5.74, 6) is 0.667. The van der Waals surface area contributed by atoms with Crippen LogP contribution >= 0.6 is 0 Å². The van der Waals surface area contributed by atoms with E-state index in [9.17, 15) is 10.2 Å². The Hall–Kier alpha value is -2.36. The van der Waals surface area contributed by atoms with Crippen LogP contribution in [-0.2, 0) is 0 Å². The number of phenolic OH excluding ortho intramolecular Hbond substituents is 2. The van der Waals surface area contributed by atoms with E-state index in [-0.39, 0.29) is 17.2 Å². The average molecular weight is 244 g/mol. The molecule has 4 heteroatoms. The molecule has 0 saturated carbocycles. The van der Waals surface area contributed by atoms with Gasteiger partial charge in [0.15, 0.2) is 11.5 Å². The molecular formula is C14H12O4. The first-order valence-corrected chi connectivity index (χ1v) is 5.49. The van der Waals surface area contributed by atoms with Gasteiger partial charge in [0.1, 0.15) is 5.75 Å². The molecule has 0 unspecified atom stereocenters. The number of hydrogen-bond acceptors (Lipinski definition) is 4. The van der Waals surface area contributed by atoms with Crippen LogP contribution in [0.15, 0.2) is 24.3 Å². The number of fused-ring (bicyclic) bond motifs is 4. The molecule has 3 rings (SSSR count). The van der Waals surface area contributed by atoms with Crippen molar-refractivity contribution in [1.29, 1.82) is 0 Å². The number of phenols is 2. The quantitative estimate of drug-likeness (QED) is 0.727. The van der Waals surface area contributed by atoms with Gasteiger partial charge in [-0.05, 0) is 23.3 Å². The smallest absolute Gasteiger partial charge is 0.203 e. The van der Waals surface area contributed by atoms with Crippen molar-refractivity contribution < 1.29 is 19.7 Å². The van der Waals surface area contributed by atoms with Gasteiger partial charge in [-0.3, -0.25) is 0 Å². The van der Waals surface area contributed by atoms with Crippen molar-refractivity contribution in [3.05, 3.63) is 24.3 Å². The Bertz CT molecular complexity index is 647. The number of ether oxygens (including phenoxy) is 2. The molecule has 1 aliphatic rings. The Morgan fingerprint density at radius 3 is 2.39 bits per heavy atom. The van der Waals surface area contributed by atoms with Crippen molar-refractivity contribution >= 4 is 0 Å². The van der Waals surface area contributed by atoms with Crippen LogP contribution in [-0.4, -0.2) is 24.4 Å². The van der Waals surface area contributed by atoms with E-state index in [2.05, 4.69) is 0 Å². The molecule has 0 atom stereocenters. The monoisotopic (exact) mass is 244 g/mol. The van der Waals surface area contributed by atoms with E-state index in [1.165, 1.54) is 7.11 Å². The number of rotatable bonds is 2. The first-order valence-electron chi connectivity index (χ1n) is 5.49. The van der Waals surface area contributed by atoms with Crippen LogP contribution in [0.3, 0.4) is 0 Å². The van der Waals surface area contributed by atoms with E-state index >= 15 is 0 Å². The second-order valence-electron chi connectivity index (χ2n) is 4.08. The maximum atomic E-state index is 10.1. The molecule has 0 bridgehead atoms. The largest absolute Gasteiger partial charge is 0.504 e. The second kappa shape index (κ2) is 3.57. The lowest BCUT2D eigenvalue weighted by molar-refractivity contribution is 0.345. The predicted molar refractivity (Wildman–Crippen MR) is 67.3 cm³/mol. The molecule has 18 heavy (non-hydrogen) atoms. The number of methoxy groups -OCH3 is 2. The molecule has 4 nitrogen and oxygen atoms in total. The lowest BCUT2D eigenvalue weighted by Gasteiger charge is -2.27. The number of benzene rings is 2. The maximum Gasteiger partial charge on any atom is 0.203 e. The minimum Gasteiger partial charge on any atom is -0.504 e. The molecule has 0 spiro atoms. The summed E-state index contributed by atoms with van der Waals surface area (Å²) in [6.45, 7) is 0. The summed E-state index contributed by atoms with van der Waals surface area (Å²) in [7, 11) is 2.99. The minimum atomic E-state index is -0.0674. The summed E-state index contributed by atoms with van der Waals surface area (Å²) < 4.78 is 10.3. The molecule has 0 amide bonds. The molecule has 0 radical (unpaired) electrons. The topological polar surface area (TPSA) is 58.9 Å². The van der Waals surface area contributed by atoms with Crippen molar-refractivity contribution in [3.63, 3.8) is 0 Å². The zero-order valence-electron chi connectivity index (χ0n) is 10.0. The molecule has 0 aromatic heterocycles. The van der Waals surface area contributed by atoms with Crippen LogP contribution in [0.2, 0.25) is 0 Å². The van der Waals surface area contributed by atoms with E-state index in [1.54, 1.807) is 13.2 Å². The highest BCUT2D eigenvalue weighted by Crippen LogP contribution is 2.60. The predicted octanol–water partition coefficient (Wildman–Crippen LogP) is 2.76. The molecule has 0 fully saturated rings. The van der Waals surface area contributed by atoms with Crippen LogP contribution in [0.25, 0.3) is 22.3 Å². The van der Waals surface area contributed by atoms with E-state index in [4.69, 9.17) is 9.47 Å². The molecule has 0 heterocycles. The zero-order chi connectivity index (χ0) is 12.9. The van der Waals surface area contributed by atoms with E-state index in [0.717, 1.165) is 16.7 Å². The highest BCUT2D eigenvalue weighted by atomic mass is 16.5. The third kappa shape index (κ3) is 1.14. The summed E-state index contributed by atoms with van der Waals surface area (Å²) >= 11 is 0. The first-order chi connectivity index (χ1) is 8.69. The van der Waals surface area contributed by atoms with Crippen molar-refractivity contribution in [1.82, 2.24) is 0 Å². The van der Waals surface area contributed by atoms with Crippen LogP contribution in [0, 0.1) is 0 Å². The highest BCUT2D eigenvalue weighted by molar-refractivity contribution is 6.09. The fourth-order valence-corrected chi connectivity index (χ4v) is 2.42. The van der Waals surface area contributed by atoms with E-state index in [1.807, 2.05) is 18.2 Å². The Morgan fingerprint density at radius 1 is 0.944 bits per heavy atom. The van der Waals surface area contributed by atoms with Crippen LogP contribution < -0.4 is 9.47 Å². The Morgan fingerprint density at radius 2 is 1.72 bits per heavy atom. The molecular weight excluding hydrogens is 232 g/mol. The van der Waals surface area contributed by atoms with E-state index in [0.29, 0.717) is 11.3 Å². The number of aromatic hydroxyl groups is 2. The Labute approximate surface area is 104 Å². The second-order valence-corrected chi connectivity index (χ2v) is 4.08. The fraction of sp³-hybridized carbons (Fsp3) is 0.143. The van der Waals surface area contributed by atoms with Gasteiger partial charge in [-0.2, -0.15) is 0 Å². The van der Waals surface area contributed by atoms with Gasteiger partial charge >= 0.3 is 0 Å². The van der Waals surface area contributed by atoms with Crippen LogP contribution in [0.4, 0.5) is 0 Å². The molecule has 2 aromatic carbocycles. The lowest BCUT2D eigenvalue weighted by atomic mass is 9.79. The first kappa shape index (κ1) is 10.8. The SMILES string of the molecule is COc1cccc2c1-c1c-2cc(O)c(OC)c1O. The Kier molecular flexibility index (Phi) is 2.13. The average Bonchev–Trinajstić information content (AvgIpc) is 2.36. The molecule has 2 N–H and O–H groups in total. The molecule has 0 saturated heterocycles. The van der Waals surface area contributed by atoms with Gasteiger partial charge in [0, 0.05) is 11.1 Å². The molecule has 92 valence electrons. The molecule has 0 aliphatic heterocycles. The van der Waals surface area contributed by atoms with Gasteiger partial charge < -0.3 is 19.7 Å². The normalized spacial score (nSPS) is 11.2. The fourth-order valence-electron chi connectivity index (χ4n) is 2.42. The van der Waals surface area contributed by atoms with Crippen LogP contribution in [0.5, 0.6) is 23.0 Å². The van der Waals surface area contributed by atoms with Gasteiger partial charge in [0.05, 0.1) is 14.2 Å². The number of hydrogen-bond donors (Lipinski definition) is 2. The summed E-state index contributed by atoms with van der Waals surface area (Å²) in [6, 6.07) is 7.22.